The second kappa shape index (κ2) is 12.1. The normalized spacial score (nSPS) is 10.5. The lowest BCUT2D eigenvalue weighted by atomic mass is 10.2. The van der Waals surface area contributed by atoms with Gasteiger partial charge in [-0.15, -0.1) is 0 Å². The monoisotopic (exact) mass is 357 g/mol. The number of aryl methyl sites for hydroxylation is 1. The molecule has 0 fully saturated rings. The van der Waals surface area contributed by atoms with Crippen molar-refractivity contribution >= 4 is 5.52 Å². The smallest absolute Gasteiger partial charge is 0.279 e. The van der Waals surface area contributed by atoms with Crippen molar-refractivity contribution in [2.75, 3.05) is 0 Å². The van der Waals surface area contributed by atoms with E-state index < -0.39 is 0 Å². The van der Waals surface area contributed by atoms with Crippen LogP contribution >= 0.6 is 0 Å². The van der Waals surface area contributed by atoms with Crippen molar-refractivity contribution in [3.05, 3.63) is 70.4 Å². The molecule has 0 spiro atoms. The zero-order valence-electron chi connectivity index (χ0n) is 17.6. The highest BCUT2D eigenvalue weighted by Crippen LogP contribution is 2.17. The summed E-state index contributed by atoms with van der Waals surface area (Å²) >= 11 is 0. The fourth-order valence-corrected chi connectivity index (χ4v) is 2.52. The van der Waals surface area contributed by atoms with E-state index in [0.29, 0.717) is 5.52 Å². The predicted octanol–water partition coefficient (Wildman–Crippen LogP) is 5.50. The minimum atomic E-state index is -0.227. The van der Waals surface area contributed by atoms with E-state index >= 15 is 0 Å². The van der Waals surface area contributed by atoms with Crippen molar-refractivity contribution in [3.8, 4) is 5.69 Å². The molecular formula is C22H35N3O. The molecule has 1 atom stereocenters. The van der Waals surface area contributed by atoms with E-state index in [1.807, 2.05) is 109 Å². The average Bonchev–Trinajstić information content (AvgIpc) is 3.08. The first-order chi connectivity index (χ1) is 12.6. The van der Waals surface area contributed by atoms with Gasteiger partial charge in [0.2, 0.25) is 0 Å². The van der Waals surface area contributed by atoms with E-state index in [0.717, 1.165) is 16.9 Å². The Morgan fingerprint density at radius 1 is 0.923 bits per heavy atom. The van der Waals surface area contributed by atoms with Gasteiger partial charge >= 0.3 is 0 Å². The number of rotatable bonds is 2. The topological polar surface area (TPSA) is 52.4 Å². The average molecular weight is 358 g/mol. The molecule has 4 heteroatoms. The molecule has 4 nitrogen and oxygen atoms in total. The molecule has 3 rings (SSSR count). The highest BCUT2D eigenvalue weighted by atomic mass is 16.1. The number of hydrogen-bond donors (Lipinski definition) is 1. The Morgan fingerprint density at radius 3 is 1.96 bits per heavy atom. The Bertz CT molecular complexity index is 815. The Hall–Kier alpha value is -2.33. The van der Waals surface area contributed by atoms with Crippen molar-refractivity contribution in [1.29, 1.82) is 0 Å². The summed E-state index contributed by atoms with van der Waals surface area (Å²) in [6, 6.07) is 11.3. The van der Waals surface area contributed by atoms with E-state index in [4.69, 9.17) is 5.73 Å². The van der Waals surface area contributed by atoms with Crippen molar-refractivity contribution in [2.45, 2.75) is 61.4 Å². The zero-order chi connectivity index (χ0) is 20.3. The van der Waals surface area contributed by atoms with Crippen molar-refractivity contribution < 1.29 is 0 Å². The molecule has 0 bridgehead atoms. The summed E-state index contributed by atoms with van der Waals surface area (Å²) in [6.07, 6.45) is 3.83. The first-order valence-corrected chi connectivity index (χ1v) is 9.64. The van der Waals surface area contributed by atoms with Gasteiger partial charge < -0.3 is 10.1 Å². The highest BCUT2D eigenvalue weighted by molar-refractivity contribution is 5.55. The van der Waals surface area contributed by atoms with Gasteiger partial charge in [0.15, 0.2) is 0 Å². The molecule has 0 aliphatic rings. The van der Waals surface area contributed by atoms with Crippen LogP contribution in [0.5, 0.6) is 0 Å². The zero-order valence-corrected chi connectivity index (χ0v) is 17.6. The van der Waals surface area contributed by atoms with Gasteiger partial charge in [0.05, 0.1) is 5.69 Å². The van der Waals surface area contributed by atoms with Crippen molar-refractivity contribution in [1.82, 2.24) is 8.97 Å². The molecule has 0 aliphatic carbocycles. The maximum atomic E-state index is 12.8. The van der Waals surface area contributed by atoms with Gasteiger partial charge in [-0.25, -0.2) is 0 Å². The molecule has 0 radical (unpaired) electrons. The molecule has 1 aromatic carbocycles. The summed E-state index contributed by atoms with van der Waals surface area (Å²) < 4.78 is 3.56. The van der Waals surface area contributed by atoms with Gasteiger partial charge in [-0.05, 0) is 37.6 Å². The highest BCUT2D eigenvalue weighted by Gasteiger charge is 2.15. The number of fused-ring (bicyclic) bond motifs is 1. The molecule has 0 aliphatic heterocycles. The second-order valence-electron chi connectivity index (χ2n) is 5.07. The lowest BCUT2D eigenvalue weighted by Gasteiger charge is -2.16. The molecular weight excluding hydrogens is 322 g/mol. The Kier molecular flexibility index (Phi) is 11.0. The van der Waals surface area contributed by atoms with Crippen LogP contribution in [0.4, 0.5) is 0 Å². The van der Waals surface area contributed by atoms with E-state index in [1.54, 1.807) is 4.57 Å². The minimum Gasteiger partial charge on any atom is -0.323 e. The summed E-state index contributed by atoms with van der Waals surface area (Å²) in [6.45, 7) is 15.8. The number of para-hydroxylation sites is 1. The largest absolute Gasteiger partial charge is 0.323 e. The molecule has 2 aromatic heterocycles. The molecule has 3 aromatic rings. The number of nitrogens with two attached hydrogens (primary N) is 1. The van der Waals surface area contributed by atoms with Crippen LogP contribution in [-0.4, -0.2) is 8.97 Å². The summed E-state index contributed by atoms with van der Waals surface area (Å²) in [7, 11) is 0. The molecule has 26 heavy (non-hydrogen) atoms. The Balaban J connectivity index is 0.000000948. The van der Waals surface area contributed by atoms with E-state index in [9.17, 15) is 4.79 Å². The molecule has 0 saturated heterocycles. The lowest BCUT2D eigenvalue weighted by molar-refractivity contribution is 0.718. The van der Waals surface area contributed by atoms with Crippen molar-refractivity contribution in [2.24, 2.45) is 5.73 Å². The first kappa shape index (κ1) is 23.7. The van der Waals surface area contributed by atoms with Gasteiger partial charge in [-0.1, -0.05) is 59.7 Å². The Morgan fingerprint density at radius 2 is 1.46 bits per heavy atom. The fourth-order valence-electron chi connectivity index (χ4n) is 2.52. The van der Waals surface area contributed by atoms with Gasteiger partial charge in [-0.3, -0.25) is 9.36 Å². The minimum absolute atomic E-state index is 0.0338. The SMILES string of the molecule is CC.CC.CC.Cc1ccn2cc(C(C)N)n(-c3ccccc3)c(=O)c12. The molecule has 0 saturated carbocycles. The maximum absolute atomic E-state index is 12.8. The fraction of sp³-hybridized carbons (Fsp3) is 0.409. The molecule has 0 amide bonds. The third-order valence-electron chi connectivity index (χ3n) is 3.53. The third-order valence-corrected chi connectivity index (χ3v) is 3.53. The van der Waals surface area contributed by atoms with Gasteiger partial charge in [0, 0.05) is 24.1 Å². The van der Waals surface area contributed by atoms with Crippen LogP contribution < -0.4 is 11.3 Å². The molecule has 2 N–H and O–H groups in total. The van der Waals surface area contributed by atoms with Crippen LogP contribution in [0.25, 0.3) is 11.2 Å². The second-order valence-corrected chi connectivity index (χ2v) is 5.07. The van der Waals surface area contributed by atoms with Crippen LogP contribution in [0.1, 0.15) is 65.8 Å². The molecule has 1 unspecified atom stereocenters. The van der Waals surface area contributed by atoms with E-state index in [-0.39, 0.29) is 11.6 Å². The summed E-state index contributed by atoms with van der Waals surface area (Å²) in [5.41, 5.74) is 9.31. The first-order valence-electron chi connectivity index (χ1n) is 9.64. The lowest BCUT2D eigenvalue weighted by Crippen LogP contribution is -2.27. The number of nitrogens with zero attached hydrogens (tertiary/aromatic N) is 2. The van der Waals surface area contributed by atoms with Gasteiger partial charge in [0.25, 0.3) is 5.56 Å². The summed E-state index contributed by atoms with van der Waals surface area (Å²) in [5.74, 6) is 0. The van der Waals surface area contributed by atoms with Crippen LogP contribution in [0, 0.1) is 6.92 Å². The van der Waals surface area contributed by atoms with Crippen LogP contribution in [0.15, 0.2) is 53.6 Å². The van der Waals surface area contributed by atoms with Gasteiger partial charge in [0.1, 0.15) is 5.52 Å². The summed E-state index contributed by atoms with van der Waals surface area (Å²) in [5, 5.41) is 0. The quantitative estimate of drug-likeness (QED) is 0.658. The van der Waals surface area contributed by atoms with Crippen molar-refractivity contribution in [3.63, 3.8) is 0 Å². The van der Waals surface area contributed by atoms with Crippen LogP contribution in [-0.2, 0) is 0 Å². The molecule has 144 valence electrons. The standard InChI is InChI=1S/C16H17N3O.3C2H6/c1-11-8-9-18-10-14(12(2)17)19(16(20)15(11)18)13-6-4-3-5-7-13;3*1-2/h3-10,12H,17H2,1-2H3;3*1-2H3. The molecule has 2 heterocycles. The van der Waals surface area contributed by atoms with E-state index in [2.05, 4.69) is 0 Å². The summed E-state index contributed by atoms with van der Waals surface area (Å²) in [4.78, 5) is 12.8. The Labute approximate surface area is 158 Å². The predicted molar refractivity (Wildman–Crippen MR) is 114 cm³/mol. The maximum Gasteiger partial charge on any atom is 0.279 e. The van der Waals surface area contributed by atoms with Crippen LogP contribution in [0.3, 0.4) is 0 Å². The van der Waals surface area contributed by atoms with Crippen LogP contribution in [0.2, 0.25) is 0 Å². The number of aromatic nitrogens is 2. The van der Waals surface area contributed by atoms with Gasteiger partial charge in [-0.2, -0.15) is 0 Å². The van der Waals surface area contributed by atoms with E-state index in [1.165, 1.54) is 0 Å². The number of benzene rings is 1. The number of hydrogen-bond acceptors (Lipinski definition) is 2. The third kappa shape index (κ3) is 5.09.